The maximum atomic E-state index is 5.61. The van der Waals surface area contributed by atoms with Gasteiger partial charge in [-0.15, -0.1) is 0 Å². The average Bonchev–Trinajstić information content (AvgIpc) is 2.76. The molecule has 1 aromatic rings. The van der Waals surface area contributed by atoms with Gasteiger partial charge >= 0.3 is 0 Å². The highest BCUT2D eigenvalue weighted by molar-refractivity contribution is 8.00. The van der Waals surface area contributed by atoms with E-state index in [0.29, 0.717) is 4.75 Å². The molecular formula is C15H26N2OS. The molecule has 1 N–H and O–H groups in total. The van der Waals surface area contributed by atoms with Crippen LogP contribution in [0.2, 0.25) is 0 Å². The first-order valence-electron chi connectivity index (χ1n) is 7.23. The summed E-state index contributed by atoms with van der Waals surface area (Å²) in [6.07, 6.45) is 2.98. The molecule has 1 aliphatic rings. The Morgan fingerprint density at radius 2 is 2.32 bits per heavy atom. The van der Waals surface area contributed by atoms with Crippen LogP contribution in [0.25, 0.3) is 0 Å². The van der Waals surface area contributed by atoms with Crippen LogP contribution in [0.3, 0.4) is 0 Å². The summed E-state index contributed by atoms with van der Waals surface area (Å²) in [5.74, 6) is 2.33. The Morgan fingerprint density at radius 3 is 3.05 bits per heavy atom. The second-order valence-electron chi connectivity index (χ2n) is 5.86. The molecule has 1 aromatic heterocycles. The lowest BCUT2D eigenvalue weighted by molar-refractivity contribution is 0.250. The first-order chi connectivity index (χ1) is 9.11. The van der Waals surface area contributed by atoms with Gasteiger partial charge in [-0.05, 0) is 32.9 Å². The number of nitrogens with one attached hydrogen (secondary N) is 1. The van der Waals surface area contributed by atoms with Crippen LogP contribution in [-0.2, 0) is 13.1 Å². The quantitative estimate of drug-likeness (QED) is 0.812. The highest BCUT2D eigenvalue weighted by Gasteiger charge is 2.27. The summed E-state index contributed by atoms with van der Waals surface area (Å²) in [5, 5.41) is 3.41. The van der Waals surface area contributed by atoms with Crippen LogP contribution in [0.15, 0.2) is 16.7 Å². The topological polar surface area (TPSA) is 28.4 Å². The number of furan rings is 1. The molecule has 0 atom stereocenters. The zero-order valence-electron chi connectivity index (χ0n) is 12.4. The summed E-state index contributed by atoms with van der Waals surface area (Å²) in [5.41, 5.74) is 1.34. The van der Waals surface area contributed by atoms with Crippen molar-refractivity contribution >= 4 is 11.8 Å². The Bertz CT molecular complexity index is 389. The molecule has 3 nitrogen and oxygen atoms in total. The van der Waals surface area contributed by atoms with Gasteiger partial charge in [-0.25, -0.2) is 0 Å². The Labute approximate surface area is 121 Å². The minimum Gasteiger partial charge on any atom is -0.468 e. The van der Waals surface area contributed by atoms with E-state index in [1.807, 2.05) is 6.26 Å². The summed E-state index contributed by atoms with van der Waals surface area (Å²) in [7, 11) is 0. The molecule has 0 spiro atoms. The Morgan fingerprint density at radius 1 is 1.47 bits per heavy atom. The Hall–Kier alpha value is -0.450. The van der Waals surface area contributed by atoms with Crippen molar-refractivity contribution in [3.63, 3.8) is 0 Å². The zero-order chi connectivity index (χ0) is 13.7. The number of hydrogen-bond acceptors (Lipinski definition) is 4. The monoisotopic (exact) mass is 282 g/mol. The molecule has 2 rings (SSSR count). The van der Waals surface area contributed by atoms with Crippen molar-refractivity contribution in [1.82, 2.24) is 10.2 Å². The van der Waals surface area contributed by atoms with Crippen molar-refractivity contribution in [3.05, 3.63) is 23.7 Å². The van der Waals surface area contributed by atoms with Crippen LogP contribution in [0.4, 0.5) is 0 Å². The molecule has 0 bridgehead atoms. The molecule has 19 heavy (non-hydrogen) atoms. The smallest absolute Gasteiger partial charge is 0.122 e. The predicted molar refractivity (Wildman–Crippen MR) is 82.5 cm³/mol. The van der Waals surface area contributed by atoms with Gasteiger partial charge in [0, 0.05) is 35.7 Å². The average molecular weight is 282 g/mol. The summed E-state index contributed by atoms with van der Waals surface area (Å²) in [6.45, 7) is 12.1. The molecule has 0 amide bonds. The van der Waals surface area contributed by atoms with Crippen LogP contribution < -0.4 is 5.32 Å². The van der Waals surface area contributed by atoms with Crippen molar-refractivity contribution in [2.45, 2.75) is 45.0 Å². The van der Waals surface area contributed by atoms with Gasteiger partial charge in [0.2, 0.25) is 0 Å². The molecule has 2 heterocycles. The number of nitrogens with zero attached hydrogens (tertiary/aromatic N) is 1. The lowest BCUT2D eigenvalue weighted by Crippen LogP contribution is -2.42. The fourth-order valence-corrected chi connectivity index (χ4v) is 3.71. The van der Waals surface area contributed by atoms with E-state index < -0.39 is 0 Å². The largest absolute Gasteiger partial charge is 0.468 e. The molecule has 0 aliphatic carbocycles. The van der Waals surface area contributed by atoms with Crippen LogP contribution in [0.1, 0.15) is 38.5 Å². The fourth-order valence-electron chi connectivity index (χ4n) is 2.53. The predicted octanol–water partition coefficient (Wildman–Crippen LogP) is 3.11. The maximum absolute atomic E-state index is 5.61. The summed E-state index contributed by atoms with van der Waals surface area (Å²) in [6, 6.07) is 2.12. The standard InChI is InChI=1S/C15H26N2OS/c1-4-6-16-10-14-13(5-8-18-14)11-17-7-9-19-15(2,3)12-17/h5,8,16H,4,6-7,9-12H2,1-3H3. The summed E-state index contributed by atoms with van der Waals surface area (Å²) >= 11 is 2.08. The number of rotatable bonds is 6. The molecule has 1 saturated heterocycles. The summed E-state index contributed by atoms with van der Waals surface area (Å²) < 4.78 is 5.99. The fraction of sp³-hybridized carbons (Fsp3) is 0.733. The third-order valence-electron chi connectivity index (χ3n) is 3.45. The van der Waals surface area contributed by atoms with Crippen LogP contribution >= 0.6 is 11.8 Å². The maximum Gasteiger partial charge on any atom is 0.122 e. The lowest BCUT2D eigenvalue weighted by Gasteiger charge is -2.37. The van der Waals surface area contributed by atoms with E-state index in [2.05, 4.69) is 48.8 Å². The second-order valence-corrected chi connectivity index (χ2v) is 7.67. The van der Waals surface area contributed by atoms with Crippen molar-refractivity contribution in [1.29, 1.82) is 0 Å². The number of thioether (sulfide) groups is 1. The van der Waals surface area contributed by atoms with Crippen molar-refractivity contribution in [2.24, 2.45) is 0 Å². The van der Waals surface area contributed by atoms with E-state index >= 15 is 0 Å². The number of hydrogen-bond donors (Lipinski definition) is 1. The van der Waals surface area contributed by atoms with Crippen LogP contribution in [0, 0.1) is 0 Å². The molecule has 108 valence electrons. The van der Waals surface area contributed by atoms with Crippen molar-refractivity contribution < 1.29 is 4.42 Å². The molecule has 1 fully saturated rings. The van der Waals surface area contributed by atoms with E-state index in [-0.39, 0.29) is 0 Å². The third kappa shape index (κ3) is 4.55. The van der Waals surface area contributed by atoms with Gasteiger partial charge in [-0.2, -0.15) is 11.8 Å². The minimum atomic E-state index is 0.378. The SMILES string of the molecule is CCCNCc1occc1CN1CCSC(C)(C)C1. The minimum absolute atomic E-state index is 0.378. The molecule has 0 unspecified atom stereocenters. The highest BCUT2D eigenvalue weighted by Crippen LogP contribution is 2.30. The van der Waals surface area contributed by atoms with Gasteiger partial charge in [-0.1, -0.05) is 6.92 Å². The molecule has 0 radical (unpaired) electrons. The van der Waals surface area contributed by atoms with Crippen LogP contribution in [-0.4, -0.2) is 35.0 Å². The molecular weight excluding hydrogens is 256 g/mol. The van der Waals surface area contributed by atoms with Gasteiger partial charge in [0.15, 0.2) is 0 Å². The van der Waals surface area contributed by atoms with Crippen molar-refractivity contribution in [2.75, 3.05) is 25.4 Å². The Kier molecular flexibility index (Phi) is 5.37. The first-order valence-corrected chi connectivity index (χ1v) is 8.21. The normalized spacial score (nSPS) is 19.7. The first kappa shape index (κ1) is 14.9. The van der Waals surface area contributed by atoms with Gasteiger partial charge in [0.1, 0.15) is 5.76 Å². The van der Waals surface area contributed by atoms with E-state index in [1.165, 1.54) is 17.9 Å². The molecule has 0 saturated carbocycles. The zero-order valence-corrected chi connectivity index (χ0v) is 13.2. The highest BCUT2D eigenvalue weighted by atomic mass is 32.2. The molecule has 1 aliphatic heterocycles. The van der Waals surface area contributed by atoms with E-state index in [4.69, 9.17) is 4.42 Å². The molecule has 0 aromatic carbocycles. The van der Waals surface area contributed by atoms with Gasteiger partial charge in [0.25, 0.3) is 0 Å². The van der Waals surface area contributed by atoms with Gasteiger partial charge < -0.3 is 9.73 Å². The van der Waals surface area contributed by atoms with E-state index in [1.54, 1.807) is 0 Å². The second kappa shape index (κ2) is 6.82. The van der Waals surface area contributed by atoms with E-state index in [0.717, 1.165) is 38.4 Å². The van der Waals surface area contributed by atoms with E-state index in [9.17, 15) is 0 Å². The van der Waals surface area contributed by atoms with Crippen LogP contribution in [0.5, 0.6) is 0 Å². The lowest BCUT2D eigenvalue weighted by atomic mass is 10.1. The Balaban J connectivity index is 1.90. The summed E-state index contributed by atoms with van der Waals surface area (Å²) in [4.78, 5) is 2.55. The third-order valence-corrected chi connectivity index (χ3v) is 4.75. The van der Waals surface area contributed by atoms with Crippen molar-refractivity contribution in [3.8, 4) is 0 Å². The van der Waals surface area contributed by atoms with Gasteiger partial charge in [-0.3, -0.25) is 4.90 Å². The molecule has 4 heteroatoms. The van der Waals surface area contributed by atoms with Gasteiger partial charge in [0.05, 0.1) is 12.8 Å².